The van der Waals surface area contributed by atoms with Gasteiger partial charge in [-0.3, -0.25) is 4.98 Å². The second-order valence-electron chi connectivity index (χ2n) is 5.59. The Morgan fingerprint density at radius 2 is 2.39 bits per heavy atom. The lowest BCUT2D eigenvalue weighted by Crippen LogP contribution is -2.41. The van der Waals surface area contributed by atoms with Gasteiger partial charge in [-0.05, 0) is 30.9 Å². The SMILES string of the molecule is CCC1CCCC(CN)(C(O)c2ccccn2)C1. The molecule has 0 amide bonds. The average molecular weight is 248 g/mol. The van der Waals surface area contributed by atoms with Gasteiger partial charge < -0.3 is 10.8 Å². The quantitative estimate of drug-likeness (QED) is 0.861. The standard InChI is InChI=1S/C15H24N2O/c1-2-12-6-5-8-15(10-12,11-16)14(18)13-7-3-4-9-17-13/h3-4,7,9,12,14,18H,2,5-6,8,10-11,16H2,1H3. The highest BCUT2D eigenvalue weighted by atomic mass is 16.3. The number of aliphatic hydroxyl groups is 1. The van der Waals surface area contributed by atoms with Crippen LogP contribution in [0.5, 0.6) is 0 Å². The van der Waals surface area contributed by atoms with Crippen LogP contribution in [0.25, 0.3) is 0 Å². The van der Waals surface area contributed by atoms with Crippen molar-refractivity contribution in [3.63, 3.8) is 0 Å². The van der Waals surface area contributed by atoms with Crippen LogP contribution in [0.4, 0.5) is 0 Å². The van der Waals surface area contributed by atoms with E-state index in [1.807, 2.05) is 18.2 Å². The van der Waals surface area contributed by atoms with E-state index in [1.165, 1.54) is 19.3 Å². The van der Waals surface area contributed by atoms with Crippen molar-refractivity contribution in [2.75, 3.05) is 6.54 Å². The largest absolute Gasteiger partial charge is 0.386 e. The topological polar surface area (TPSA) is 59.1 Å². The first-order valence-electron chi connectivity index (χ1n) is 7.01. The van der Waals surface area contributed by atoms with E-state index in [1.54, 1.807) is 6.20 Å². The van der Waals surface area contributed by atoms with E-state index < -0.39 is 6.10 Å². The van der Waals surface area contributed by atoms with Crippen molar-refractivity contribution < 1.29 is 5.11 Å². The highest BCUT2D eigenvalue weighted by molar-refractivity contribution is 5.11. The minimum atomic E-state index is -0.530. The van der Waals surface area contributed by atoms with E-state index in [2.05, 4.69) is 11.9 Å². The number of hydrogen-bond acceptors (Lipinski definition) is 3. The lowest BCUT2D eigenvalue weighted by Gasteiger charge is -2.43. The van der Waals surface area contributed by atoms with Crippen LogP contribution >= 0.6 is 0 Å². The summed E-state index contributed by atoms with van der Waals surface area (Å²) < 4.78 is 0. The van der Waals surface area contributed by atoms with Crippen LogP contribution < -0.4 is 5.73 Å². The molecule has 1 aromatic heterocycles. The first-order valence-corrected chi connectivity index (χ1v) is 7.01. The Morgan fingerprint density at radius 1 is 1.56 bits per heavy atom. The van der Waals surface area contributed by atoms with Gasteiger partial charge in [0.1, 0.15) is 6.10 Å². The van der Waals surface area contributed by atoms with Crippen molar-refractivity contribution in [1.82, 2.24) is 4.98 Å². The Labute approximate surface area is 109 Å². The molecule has 0 aliphatic heterocycles. The molecule has 3 nitrogen and oxygen atoms in total. The van der Waals surface area contributed by atoms with Crippen LogP contribution in [-0.2, 0) is 0 Å². The fraction of sp³-hybridized carbons (Fsp3) is 0.667. The number of rotatable bonds is 4. The molecule has 1 aliphatic carbocycles. The molecule has 1 aromatic rings. The minimum absolute atomic E-state index is 0.173. The van der Waals surface area contributed by atoms with Crippen molar-refractivity contribution >= 4 is 0 Å². The van der Waals surface area contributed by atoms with E-state index in [4.69, 9.17) is 5.73 Å². The van der Waals surface area contributed by atoms with Crippen LogP contribution in [0.3, 0.4) is 0 Å². The van der Waals surface area contributed by atoms with Gasteiger partial charge in [-0.2, -0.15) is 0 Å². The first-order chi connectivity index (χ1) is 8.72. The van der Waals surface area contributed by atoms with E-state index >= 15 is 0 Å². The number of pyridine rings is 1. The van der Waals surface area contributed by atoms with Gasteiger partial charge in [0.05, 0.1) is 5.69 Å². The zero-order chi connectivity index (χ0) is 13.0. The zero-order valence-corrected chi connectivity index (χ0v) is 11.2. The highest BCUT2D eigenvalue weighted by Crippen LogP contribution is 2.47. The fourth-order valence-electron chi connectivity index (χ4n) is 3.27. The normalized spacial score (nSPS) is 30.1. The summed E-state index contributed by atoms with van der Waals surface area (Å²) in [6.45, 7) is 2.77. The number of aliphatic hydroxyl groups excluding tert-OH is 1. The summed E-state index contributed by atoms with van der Waals surface area (Å²) >= 11 is 0. The van der Waals surface area contributed by atoms with Crippen LogP contribution in [0, 0.1) is 11.3 Å². The van der Waals surface area contributed by atoms with E-state index in [0.29, 0.717) is 12.5 Å². The number of hydrogen-bond donors (Lipinski definition) is 2. The molecule has 1 fully saturated rings. The fourth-order valence-corrected chi connectivity index (χ4v) is 3.27. The number of aromatic nitrogens is 1. The lowest BCUT2D eigenvalue weighted by molar-refractivity contribution is -0.0187. The summed E-state index contributed by atoms with van der Waals surface area (Å²) in [5.74, 6) is 0.695. The summed E-state index contributed by atoms with van der Waals surface area (Å²) in [6.07, 6.45) is 6.86. The van der Waals surface area contributed by atoms with Gasteiger partial charge >= 0.3 is 0 Å². The molecule has 0 saturated heterocycles. The Kier molecular flexibility index (Phi) is 4.36. The maximum absolute atomic E-state index is 10.7. The molecule has 1 saturated carbocycles. The molecular weight excluding hydrogens is 224 g/mol. The monoisotopic (exact) mass is 248 g/mol. The van der Waals surface area contributed by atoms with Crippen LogP contribution in [0.2, 0.25) is 0 Å². The highest BCUT2D eigenvalue weighted by Gasteiger charge is 2.41. The van der Waals surface area contributed by atoms with E-state index in [-0.39, 0.29) is 5.41 Å². The van der Waals surface area contributed by atoms with Gasteiger partial charge in [0.25, 0.3) is 0 Å². The van der Waals surface area contributed by atoms with Gasteiger partial charge in [-0.1, -0.05) is 32.3 Å². The van der Waals surface area contributed by atoms with Gasteiger partial charge in [-0.25, -0.2) is 0 Å². The van der Waals surface area contributed by atoms with Crippen molar-refractivity contribution in [2.45, 2.75) is 45.1 Å². The van der Waals surface area contributed by atoms with Crippen LogP contribution in [-0.4, -0.2) is 16.6 Å². The summed E-state index contributed by atoms with van der Waals surface area (Å²) in [5.41, 5.74) is 6.60. The molecule has 0 radical (unpaired) electrons. The number of nitrogens with two attached hydrogens (primary N) is 1. The molecule has 3 unspecified atom stereocenters. The van der Waals surface area contributed by atoms with Crippen molar-refractivity contribution in [1.29, 1.82) is 0 Å². The molecule has 0 aromatic carbocycles. The Bertz CT molecular complexity index is 368. The lowest BCUT2D eigenvalue weighted by atomic mass is 9.65. The number of nitrogens with zero attached hydrogens (tertiary/aromatic N) is 1. The van der Waals surface area contributed by atoms with Crippen LogP contribution in [0.1, 0.15) is 50.8 Å². The molecule has 3 heteroatoms. The molecule has 0 bridgehead atoms. The molecule has 2 rings (SSSR count). The van der Waals surface area contributed by atoms with Gasteiger partial charge in [0.2, 0.25) is 0 Å². The Morgan fingerprint density at radius 3 is 3.00 bits per heavy atom. The van der Waals surface area contributed by atoms with E-state index in [9.17, 15) is 5.11 Å². The third-order valence-corrected chi connectivity index (χ3v) is 4.51. The molecule has 0 spiro atoms. The van der Waals surface area contributed by atoms with Crippen molar-refractivity contribution in [3.8, 4) is 0 Å². The van der Waals surface area contributed by atoms with Crippen molar-refractivity contribution in [2.24, 2.45) is 17.1 Å². The first kappa shape index (κ1) is 13.5. The molecule has 3 atom stereocenters. The van der Waals surface area contributed by atoms with Crippen molar-refractivity contribution in [3.05, 3.63) is 30.1 Å². The Balaban J connectivity index is 2.21. The average Bonchev–Trinajstić information content (AvgIpc) is 2.47. The van der Waals surface area contributed by atoms with Gasteiger partial charge in [-0.15, -0.1) is 0 Å². The molecule has 1 heterocycles. The predicted molar refractivity (Wildman–Crippen MR) is 72.9 cm³/mol. The maximum atomic E-state index is 10.7. The predicted octanol–water partition coefficient (Wildman–Crippen LogP) is 2.66. The van der Waals surface area contributed by atoms with Gasteiger partial charge in [0, 0.05) is 18.2 Å². The molecule has 100 valence electrons. The molecular formula is C15H24N2O. The second kappa shape index (κ2) is 5.81. The smallest absolute Gasteiger partial charge is 0.103 e. The summed E-state index contributed by atoms with van der Waals surface area (Å²) in [6, 6.07) is 5.70. The molecule has 18 heavy (non-hydrogen) atoms. The summed E-state index contributed by atoms with van der Waals surface area (Å²) in [5, 5.41) is 10.7. The summed E-state index contributed by atoms with van der Waals surface area (Å²) in [7, 11) is 0. The second-order valence-corrected chi connectivity index (χ2v) is 5.59. The Hall–Kier alpha value is -0.930. The van der Waals surface area contributed by atoms with Gasteiger partial charge in [0.15, 0.2) is 0 Å². The minimum Gasteiger partial charge on any atom is -0.386 e. The summed E-state index contributed by atoms with van der Waals surface area (Å²) in [4.78, 5) is 4.29. The zero-order valence-electron chi connectivity index (χ0n) is 11.2. The third kappa shape index (κ3) is 2.57. The third-order valence-electron chi connectivity index (χ3n) is 4.51. The van der Waals surface area contributed by atoms with Crippen LogP contribution in [0.15, 0.2) is 24.4 Å². The maximum Gasteiger partial charge on any atom is 0.103 e. The molecule has 3 N–H and O–H groups in total. The van der Waals surface area contributed by atoms with E-state index in [0.717, 1.165) is 18.5 Å². The molecule has 1 aliphatic rings.